The fraction of sp³-hybridized carbons (Fsp3) is 0.238. The van der Waals surface area contributed by atoms with E-state index in [1.165, 1.54) is 25.3 Å². The molecule has 0 atom stereocenters. The van der Waals surface area contributed by atoms with E-state index < -0.39 is 16.1 Å². The zero-order chi connectivity index (χ0) is 21.8. The molecule has 9 heteroatoms. The van der Waals surface area contributed by atoms with E-state index in [-0.39, 0.29) is 23.2 Å². The van der Waals surface area contributed by atoms with Crippen molar-refractivity contribution < 1.29 is 24.0 Å². The van der Waals surface area contributed by atoms with Crippen molar-refractivity contribution in [3.8, 4) is 11.5 Å². The molecule has 1 aliphatic heterocycles. The molecular weight excluding hydrogens is 408 g/mol. The van der Waals surface area contributed by atoms with Gasteiger partial charge in [-0.25, -0.2) is 0 Å². The SMILES string of the molecule is COc1cccc(/C=C2/SC(=O)N(Cc3cccc([N+](=O)[O-])c3)C2=O)c1OC(C)C. The third-order valence-corrected chi connectivity index (χ3v) is 5.11. The topological polar surface area (TPSA) is 99.0 Å². The minimum atomic E-state index is -0.518. The van der Waals surface area contributed by atoms with E-state index in [1.54, 1.807) is 30.3 Å². The first kappa shape index (κ1) is 21.4. The van der Waals surface area contributed by atoms with Crippen molar-refractivity contribution in [1.29, 1.82) is 0 Å². The molecule has 1 fully saturated rings. The van der Waals surface area contributed by atoms with Crippen LogP contribution in [-0.4, -0.2) is 34.2 Å². The smallest absolute Gasteiger partial charge is 0.293 e. The zero-order valence-electron chi connectivity index (χ0n) is 16.7. The predicted octanol–water partition coefficient (Wildman–Crippen LogP) is 4.63. The van der Waals surface area contributed by atoms with Gasteiger partial charge in [0.15, 0.2) is 11.5 Å². The van der Waals surface area contributed by atoms with Crippen LogP contribution in [0.4, 0.5) is 10.5 Å². The quantitative estimate of drug-likeness (QED) is 0.360. The largest absolute Gasteiger partial charge is 0.493 e. The summed E-state index contributed by atoms with van der Waals surface area (Å²) in [4.78, 5) is 37.0. The molecule has 30 heavy (non-hydrogen) atoms. The minimum absolute atomic E-state index is 0.0445. The molecule has 0 bridgehead atoms. The van der Waals surface area contributed by atoms with Crippen molar-refractivity contribution in [1.82, 2.24) is 4.90 Å². The summed E-state index contributed by atoms with van der Waals surface area (Å²) in [5.74, 6) is 0.545. The van der Waals surface area contributed by atoms with E-state index in [0.717, 1.165) is 16.7 Å². The van der Waals surface area contributed by atoms with Crippen LogP contribution in [0.1, 0.15) is 25.0 Å². The number of hydrogen-bond acceptors (Lipinski definition) is 7. The summed E-state index contributed by atoms with van der Waals surface area (Å²) in [6, 6.07) is 11.2. The number of benzene rings is 2. The predicted molar refractivity (Wildman–Crippen MR) is 113 cm³/mol. The van der Waals surface area contributed by atoms with Crippen molar-refractivity contribution in [2.24, 2.45) is 0 Å². The Morgan fingerprint density at radius 1 is 1.20 bits per heavy atom. The fourth-order valence-electron chi connectivity index (χ4n) is 2.90. The van der Waals surface area contributed by atoms with Gasteiger partial charge in [0.05, 0.1) is 29.6 Å². The van der Waals surface area contributed by atoms with Crippen LogP contribution >= 0.6 is 11.8 Å². The lowest BCUT2D eigenvalue weighted by molar-refractivity contribution is -0.384. The summed E-state index contributed by atoms with van der Waals surface area (Å²) in [6.45, 7) is 3.71. The Kier molecular flexibility index (Phi) is 6.41. The summed E-state index contributed by atoms with van der Waals surface area (Å²) in [6.07, 6.45) is 1.48. The molecule has 0 unspecified atom stereocenters. The summed E-state index contributed by atoms with van der Waals surface area (Å²) in [7, 11) is 1.53. The Morgan fingerprint density at radius 3 is 2.60 bits per heavy atom. The van der Waals surface area contributed by atoms with Crippen LogP contribution in [0, 0.1) is 10.1 Å². The van der Waals surface area contributed by atoms with Crippen LogP contribution in [0.25, 0.3) is 6.08 Å². The number of imide groups is 1. The van der Waals surface area contributed by atoms with E-state index in [4.69, 9.17) is 9.47 Å². The number of nitrogens with zero attached hydrogens (tertiary/aromatic N) is 2. The number of carbonyl (C=O) groups excluding carboxylic acids is 2. The molecule has 0 aliphatic carbocycles. The average molecular weight is 428 g/mol. The Hall–Kier alpha value is -3.33. The summed E-state index contributed by atoms with van der Waals surface area (Å²) in [5, 5.41) is 10.5. The number of para-hydroxylation sites is 1. The van der Waals surface area contributed by atoms with Gasteiger partial charge in [0, 0.05) is 17.7 Å². The van der Waals surface area contributed by atoms with Crippen LogP contribution in [0.15, 0.2) is 47.4 Å². The van der Waals surface area contributed by atoms with Gasteiger partial charge in [-0.1, -0.05) is 24.3 Å². The second kappa shape index (κ2) is 9.00. The molecule has 0 spiro atoms. The zero-order valence-corrected chi connectivity index (χ0v) is 17.5. The van der Waals surface area contributed by atoms with Crippen LogP contribution in [0.2, 0.25) is 0 Å². The summed E-state index contributed by atoms with van der Waals surface area (Å²) < 4.78 is 11.2. The molecule has 1 aliphatic rings. The van der Waals surface area contributed by atoms with Gasteiger partial charge in [-0.2, -0.15) is 0 Å². The number of non-ortho nitro benzene ring substituents is 1. The van der Waals surface area contributed by atoms with Crippen molar-refractivity contribution in [2.45, 2.75) is 26.5 Å². The van der Waals surface area contributed by atoms with E-state index in [1.807, 2.05) is 13.8 Å². The average Bonchev–Trinajstić information content (AvgIpc) is 2.96. The van der Waals surface area contributed by atoms with Crippen molar-refractivity contribution in [3.63, 3.8) is 0 Å². The second-order valence-corrected chi connectivity index (χ2v) is 7.73. The first-order chi connectivity index (χ1) is 14.3. The van der Waals surface area contributed by atoms with Gasteiger partial charge in [-0.3, -0.25) is 24.6 Å². The maximum Gasteiger partial charge on any atom is 0.293 e. The number of rotatable bonds is 7. The lowest BCUT2D eigenvalue weighted by Crippen LogP contribution is -2.27. The van der Waals surface area contributed by atoms with Gasteiger partial charge < -0.3 is 9.47 Å². The van der Waals surface area contributed by atoms with Crippen LogP contribution < -0.4 is 9.47 Å². The van der Waals surface area contributed by atoms with Gasteiger partial charge in [0.25, 0.3) is 16.8 Å². The number of amides is 2. The standard InChI is InChI=1S/C21H20N2O6S/c1-13(2)29-19-15(7-5-9-17(19)28-3)11-18-20(24)22(21(25)30-18)12-14-6-4-8-16(10-14)23(26)27/h4-11,13H,12H2,1-3H3/b18-11+. The van der Waals surface area contributed by atoms with E-state index >= 15 is 0 Å². The Balaban J connectivity index is 1.89. The van der Waals surface area contributed by atoms with E-state index in [0.29, 0.717) is 22.6 Å². The van der Waals surface area contributed by atoms with Crippen molar-refractivity contribution in [3.05, 3.63) is 68.6 Å². The maximum absolute atomic E-state index is 12.8. The van der Waals surface area contributed by atoms with Crippen LogP contribution in [-0.2, 0) is 11.3 Å². The molecule has 0 N–H and O–H groups in total. The molecule has 1 saturated heterocycles. The van der Waals surface area contributed by atoms with Gasteiger partial charge in [-0.05, 0) is 43.3 Å². The molecule has 0 saturated carbocycles. The molecule has 2 aromatic rings. The molecule has 0 aromatic heterocycles. The van der Waals surface area contributed by atoms with E-state index in [9.17, 15) is 19.7 Å². The number of nitro benzene ring substituents is 1. The molecule has 2 aromatic carbocycles. The van der Waals surface area contributed by atoms with Gasteiger partial charge >= 0.3 is 0 Å². The fourth-order valence-corrected chi connectivity index (χ4v) is 3.73. The lowest BCUT2D eigenvalue weighted by atomic mass is 10.1. The summed E-state index contributed by atoms with van der Waals surface area (Å²) >= 11 is 0.816. The highest BCUT2D eigenvalue weighted by atomic mass is 32.2. The highest BCUT2D eigenvalue weighted by molar-refractivity contribution is 8.18. The first-order valence-corrected chi connectivity index (χ1v) is 9.94. The normalized spacial score (nSPS) is 15.2. The maximum atomic E-state index is 12.8. The highest BCUT2D eigenvalue weighted by Gasteiger charge is 2.35. The van der Waals surface area contributed by atoms with Gasteiger partial charge in [-0.15, -0.1) is 0 Å². The number of carbonyl (C=O) groups is 2. The molecule has 2 amide bonds. The monoisotopic (exact) mass is 428 g/mol. The third-order valence-electron chi connectivity index (χ3n) is 4.21. The van der Waals surface area contributed by atoms with Crippen molar-refractivity contribution in [2.75, 3.05) is 7.11 Å². The molecule has 1 heterocycles. The highest BCUT2D eigenvalue weighted by Crippen LogP contribution is 2.38. The lowest BCUT2D eigenvalue weighted by Gasteiger charge is -2.16. The Bertz CT molecular complexity index is 1030. The number of thioether (sulfide) groups is 1. The molecule has 8 nitrogen and oxygen atoms in total. The van der Waals surface area contributed by atoms with E-state index in [2.05, 4.69) is 0 Å². The number of nitro groups is 1. The summed E-state index contributed by atoms with van der Waals surface area (Å²) in [5.41, 5.74) is 1.02. The minimum Gasteiger partial charge on any atom is -0.493 e. The molecule has 3 rings (SSSR count). The third kappa shape index (κ3) is 4.62. The number of methoxy groups -OCH3 is 1. The Labute approximate surface area is 177 Å². The van der Waals surface area contributed by atoms with Crippen LogP contribution in [0.5, 0.6) is 11.5 Å². The van der Waals surface area contributed by atoms with Gasteiger partial charge in [0.2, 0.25) is 0 Å². The Morgan fingerprint density at radius 2 is 1.93 bits per heavy atom. The molecular formula is C21H20N2O6S. The number of ether oxygens (including phenoxy) is 2. The molecule has 156 valence electrons. The second-order valence-electron chi connectivity index (χ2n) is 6.74. The number of hydrogen-bond donors (Lipinski definition) is 0. The molecule has 0 radical (unpaired) electrons. The first-order valence-electron chi connectivity index (χ1n) is 9.12. The van der Waals surface area contributed by atoms with Gasteiger partial charge in [0.1, 0.15) is 0 Å². The van der Waals surface area contributed by atoms with Crippen molar-refractivity contribution >= 4 is 34.7 Å². The van der Waals surface area contributed by atoms with Crippen LogP contribution in [0.3, 0.4) is 0 Å².